The summed E-state index contributed by atoms with van der Waals surface area (Å²) in [6.45, 7) is 4.79. The molecule has 0 bridgehead atoms. The van der Waals surface area contributed by atoms with E-state index in [1.54, 1.807) is 37.4 Å². The van der Waals surface area contributed by atoms with E-state index in [1.165, 1.54) is 11.0 Å². The molecule has 0 radical (unpaired) electrons. The van der Waals surface area contributed by atoms with Crippen LogP contribution in [0.25, 0.3) is 11.1 Å². The van der Waals surface area contributed by atoms with Crippen molar-refractivity contribution in [1.29, 1.82) is 0 Å². The van der Waals surface area contributed by atoms with Crippen LogP contribution in [0.5, 0.6) is 5.75 Å². The summed E-state index contributed by atoms with van der Waals surface area (Å²) in [4.78, 5) is 19.6. The Labute approximate surface area is 192 Å². The number of hydrogen-bond donors (Lipinski definition) is 2. The summed E-state index contributed by atoms with van der Waals surface area (Å²) in [6.07, 6.45) is 1.81. The number of carbonyl (C=O) groups excluding carboxylic acids is 1. The third kappa shape index (κ3) is 3.44. The lowest BCUT2D eigenvalue weighted by atomic mass is 9.74. The van der Waals surface area contributed by atoms with Crippen LogP contribution in [0, 0.1) is 11.7 Å². The highest BCUT2D eigenvalue weighted by atomic mass is 19.1. The summed E-state index contributed by atoms with van der Waals surface area (Å²) in [5, 5.41) is 0. The summed E-state index contributed by atoms with van der Waals surface area (Å²) in [5.41, 5.74) is 12.1. The van der Waals surface area contributed by atoms with Crippen LogP contribution >= 0.6 is 0 Å². The number of nitrogens with zero attached hydrogens (tertiary/aromatic N) is 2. The molecule has 1 amide bonds. The quantitative estimate of drug-likeness (QED) is 0.680. The molecule has 2 aromatic carbocycles. The van der Waals surface area contributed by atoms with E-state index in [4.69, 9.17) is 20.9 Å². The van der Waals surface area contributed by atoms with Gasteiger partial charge < -0.3 is 20.9 Å². The van der Waals surface area contributed by atoms with Crippen molar-refractivity contribution in [2.75, 3.05) is 19.4 Å². The molecule has 3 heterocycles. The van der Waals surface area contributed by atoms with Gasteiger partial charge in [-0.15, -0.1) is 0 Å². The van der Waals surface area contributed by atoms with Crippen LogP contribution in [0.15, 0.2) is 41.4 Å². The Balaban J connectivity index is 1.62. The van der Waals surface area contributed by atoms with Crippen molar-refractivity contribution in [1.82, 2.24) is 4.90 Å². The minimum Gasteiger partial charge on any atom is -0.490 e. The molecule has 2 aromatic rings. The second kappa shape index (κ2) is 7.45. The molecule has 3 atom stereocenters. The molecular formula is C25H29FN4O3. The molecule has 174 valence electrons. The van der Waals surface area contributed by atoms with Gasteiger partial charge in [0.05, 0.1) is 11.3 Å². The summed E-state index contributed by atoms with van der Waals surface area (Å²) in [6, 6.07) is 10.2. The van der Waals surface area contributed by atoms with Crippen LogP contribution in [0.2, 0.25) is 0 Å². The van der Waals surface area contributed by atoms with E-state index < -0.39 is 11.4 Å². The fourth-order valence-corrected chi connectivity index (χ4v) is 5.37. The van der Waals surface area contributed by atoms with E-state index in [1.807, 2.05) is 0 Å². The third-order valence-corrected chi connectivity index (χ3v) is 7.11. The van der Waals surface area contributed by atoms with E-state index in [-0.39, 0.29) is 35.2 Å². The van der Waals surface area contributed by atoms with Gasteiger partial charge in [0.25, 0.3) is 5.91 Å². The number of ether oxygens (including phenoxy) is 2. The Kier molecular flexibility index (Phi) is 4.90. The molecule has 3 aliphatic heterocycles. The molecule has 0 aromatic heterocycles. The lowest BCUT2D eigenvalue weighted by Gasteiger charge is -2.44. The predicted octanol–water partition coefficient (Wildman–Crippen LogP) is 3.41. The van der Waals surface area contributed by atoms with Gasteiger partial charge in [0, 0.05) is 37.1 Å². The second-order valence-corrected chi connectivity index (χ2v) is 9.84. The Morgan fingerprint density at radius 3 is 2.67 bits per heavy atom. The van der Waals surface area contributed by atoms with Crippen molar-refractivity contribution in [3.63, 3.8) is 0 Å². The fraction of sp³-hybridized carbons (Fsp3) is 0.440. The first-order valence-corrected chi connectivity index (χ1v) is 11.2. The smallest absolute Gasteiger partial charge is 0.261 e. The molecule has 3 unspecified atom stereocenters. The molecule has 4 N–H and O–H groups in total. The first kappa shape index (κ1) is 21.7. The minimum atomic E-state index is -1.20. The first-order valence-electron chi connectivity index (χ1n) is 11.2. The Bertz CT molecular complexity index is 1160. The van der Waals surface area contributed by atoms with Crippen LogP contribution in [-0.4, -0.2) is 42.1 Å². The number of carbonyl (C=O) groups is 1. The van der Waals surface area contributed by atoms with Gasteiger partial charge in [-0.25, -0.2) is 9.38 Å². The maximum atomic E-state index is 14.8. The van der Waals surface area contributed by atoms with Gasteiger partial charge in [-0.2, -0.15) is 0 Å². The number of benzene rings is 2. The zero-order valence-corrected chi connectivity index (χ0v) is 19.1. The lowest BCUT2D eigenvalue weighted by molar-refractivity contribution is -0.134. The van der Waals surface area contributed by atoms with E-state index in [2.05, 4.69) is 18.8 Å². The molecule has 3 aliphatic rings. The van der Waals surface area contributed by atoms with Crippen molar-refractivity contribution in [3.05, 3.63) is 47.8 Å². The number of rotatable bonds is 2. The average Bonchev–Trinajstić information content (AvgIpc) is 2.98. The number of aliphatic imine (C=N–C) groups is 1. The van der Waals surface area contributed by atoms with Crippen molar-refractivity contribution in [2.45, 2.75) is 50.4 Å². The highest BCUT2D eigenvalue weighted by molar-refractivity contribution is 6.07. The highest BCUT2D eigenvalue weighted by Crippen LogP contribution is 2.50. The van der Waals surface area contributed by atoms with Crippen LogP contribution in [0.1, 0.15) is 38.7 Å². The number of halogens is 1. The molecule has 1 saturated heterocycles. The maximum absolute atomic E-state index is 14.8. The fourth-order valence-electron chi connectivity index (χ4n) is 5.37. The summed E-state index contributed by atoms with van der Waals surface area (Å²) < 4.78 is 27.1. The Hall–Kier alpha value is -3.13. The zero-order chi connectivity index (χ0) is 23.5. The highest BCUT2D eigenvalue weighted by Gasteiger charge is 2.55. The molecule has 1 spiro atoms. The number of likely N-dealkylation sites (N-methyl/N-ethyl adjacent to an activating group) is 1. The van der Waals surface area contributed by atoms with Crippen molar-refractivity contribution in [2.24, 2.45) is 16.6 Å². The van der Waals surface area contributed by atoms with Crippen LogP contribution in [-0.2, 0) is 15.1 Å². The molecule has 0 aliphatic carbocycles. The van der Waals surface area contributed by atoms with Gasteiger partial charge in [0.2, 0.25) is 0 Å². The number of amides is 1. The van der Waals surface area contributed by atoms with Crippen LogP contribution in [0.4, 0.5) is 10.1 Å². The SMILES string of the molecule is CN1C(=O)C2(CC(C3CCOC(C)(C)C3)Oc3ccc(-c4cccc(N)c4F)cc32)N=C1N. The maximum Gasteiger partial charge on any atom is 0.261 e. The minimum absolute atomic E-state index is 0.0670. The number of anilines is 1. The van der Waals surface area contributed by atoms with Crippen molar-refractivity contribution >= 4 is 17.6 Å². The number of guanidine groups is 1. The molecule has 8 heteroatoms. The van der Waals surface area contributed by atoms with Gasteiger partial charge in [-0.3, -0.25) is 9.69 Å². The molecule has 0 saturated carbocycles. The normalized spacial score (nSPS) is 28.4. The van der Waals surface area contributed by atoms with Crippen LogP contribution in [0.3, 0.4) is 0 Å². The summed E-state index contributed by atoms with van der Waals surface area (Å²) in [5.74, 6) is 0.248. The zero-order valence-electron chi connectivity index (χ0n) is 19.1. The van der Waals surface area contributed by atoms with E-state index in [9.17, 15) is 9.18 Å². The predicted molar refractivity (Wildman–Crippen MR) is 124 cm³/mol. The molecule has 5 rings (SSSR count). The van der Waals surface area contributed by atoms with Gasteiger partial charge in [-0.1, -0.05) is 18.2 Å². The summed E-state index contributed by atoms with van der Waals surface area (Å²) in [7, 11) is 1.62. The standard InChI is InChI=1S/C25H29FN4O3/c1-24(2)12-15(9-10-32-24)20-13-25(22(31)30(3)23(28)29-25)17-11-14(7-8-19(17)33-20)16-5-4-6-18(27)21(16)26/h4-8,11,15,20H,9-10,12-13,27H2,1-3H3,(H2,28,29). The lowest BCUT2D eigenvalue weighted by Crippen LogP contribution is -2.49. The largest absolute Gasteiger partial charge is 0.490 e. The third-order valence-electron chi connectivity index (χ3n) is 7.11. The molecule has 7 nitrogen and oxygen atoms in total. The van der Waals surface area contributed by atoms with E-state index >= 15 is 0 Å². The number of fused-ring (bicyclic) bond motifs is 2. The first-order chi connectivity index (χ1) is 15.6. The van der Waals surface area contributed by atoms with Gasteiger partial charge in [-0.05, 0) is 50.5 Å². The van der Waals surface area contributed by atoms with Crippen molar-refractivity contribution in [3.8, 4) is 16.9 Å². The molecule has 1 fully saturated rings. The second-order valence-electron chi connectivity index (χ2n) is 9.84. The van der Waals surface area contributed by atoms with Gasteiger partial charge in [0.15, 0.2) is 17.3 Å². The summed E-state index contributed by atoms with van der Waals surface area (Å²) >= 11 is 0. The molecule has 33 heavy (non-hydrogen) atoms. The topological polar surface area (TPSA) is 103 Å². The average molecular weight is 453 g/mol. The Morgan fingerprint density at radius 1 is 1.18 bits per heavy atom. The number of hydrogen-bond acceptors (Lipinski definition) is 6. The van der Waals surface area contributed by atoms with E-state index in [0.717, 1.165) is 12.8 Å². The van der Waals surface area contributed by atoms with Crippen LogP contribution < -0.4 is 16.2 Å². The van der Waals surface area contributed by atoms with Gasteiger partial charge in [0.1, 0.15) is 11.9 Å². The molecular weight excluding hydrogens is 423 g/mol. The number of nitrogen functional groups attached to an aromatic ring is 1. The number of nitrogens with two attached hydrogens (primary N) is 2. The monoisotopic (exact) mass is 452 g/mol. The van der Waals surface area contributed by atoms with Gasteiger partial charge >= 0.3 is 0 Å². The van der Waals surface area contributed by atoms with E-state index in [0.29, 0.717) is 35.5 Å². The van der Waals surface area contributed by atoms with Crippen molar-refractivity contribution < 1.29 is 18.7 Å². The Morgan fingerprint density at radius 2 is 1.97 bits per heavy atom.